The van der Waals surface area contributed by atoms with Crippen LogP contribution >= 0.6 is 11.3 Å². The summed E-state index contributed by atoms with van der Waals surface area (Å²) in [4.78, 5) is 30.2. The zero-order valence-corrected chi connectivity index (χ0v) is 15.6. The van der Waals surface area contributed by atoms with E-state index in [1.165, 1.54) is 22.1 Å². The summed E-state index contributed by atoms with van der Waals surface area (Å²) in [6.45, 7) is 3.03. The predicted octanol–water partition coefficient (Wildman–Crippen LogP) is 2.58. The van der Waals surface area contributed by atoms with Gasteiger partial charge in [-0.15, -0.1) is 0 Å². The van der Waals surface area contributed by atoms with Gasteiger partial charge in [0.05, 0.1) is 33.8 Å². The van der Waals surface area contributed by atoms with Crippen molar-refractivity contribution in [1.82, 2.24) is 19.3 Å². The molecule has 0 amide bonds. The van der Waals surface area contributed by atoms with E-state index in [2.05, 4.69) is 10.1 Å². The van der Waals surface area contributed by atoms with Crippen molar-refractivity contribution in [2.24, 2.45) is 0 Å². The molecule has 0 bridgehead atoms. The van der Waals surface area contributed by atoms with E-state index in [4.69, 9.17) is 4.74 Å². The molecule has 4 aromatic rings. The van der Waals surface area contributed by atoms with E-state index >= 15 is 0 Å². The molecule has 138 valence electrons. The molecule has 1 aromatic carbocycles. The molecule has 0 aliphatic carbocycles. The second-order valence-corrected chi connectivity index (χ2v) is 7.83. The lowest BCUT2D eigenvalue weighted by atomic mass is 10.2. The minimum absolute atomic E-state index is 0.0317. The fraction of sp³-hybridized carbons (Fsp3) is 0.316. The highest BCUT2D eigenvalue weighted by Gasteiger charge is 2.21. The summed E-state index contributed by atoms with van der Waals surface area (Å²) in [5, 5.41) is 4.14. The maximum atomic E-state index is 13.1. The number of thiazole rings is 1. The first-order valence-electron chi connectivity index (χ1n) is 8.94. The lowest BCUT2D eigenvalue weighted by Crippen LogP contribution is -2.28. The molecule has 27 heavy (non-hydrogen) atoms. The van der Waals surface area contributed by atoms with Gasteiger partial charge in [0.1, 0.15) is 0 Å². The van der Waals surface area contributed by atoms with Crippen molar-refractivity contribution >= 4 is 32.5 Å². The van der Waals surface area contributed by atoms with Crippen molar-refractivity contribution in [2.45, 2.75) is 32.4 Å². The van der Waals surface area contributed by atoms with Crippen LogP contribution < -0.4 is 11.1 Å². The lowest BCUT2D eigenvalue weighted by molar-refractivity contribution is 0.0958. The van der Waals surface area contributed by atoms with Gasteiger partial charge in [0, 0.05) is 18.4 Å². The Balaban J connectivity index is 1.67. The third kappa shape index (κ3) is 2.64. The average Bonchev–Trinajstić information content (AvgIpc) is 3.37. The summed E-state index contributed by atoms with van der Waals surface area (Å²) < 4.78 is 9.74. The van der Waals surface area contributed by atoms with E-state index in [0.717, 1.165) is 29.7 Å². The Labute approximate surface area is 157 Å². The summed E-state index contributed by atoms with van der Waals surface area (Å²) in [5.41, 5.74) is 1.72. The summed E-state index contributed by atoms with van der Waals surface area (Å²) in [5.74, 6) is 0. The van der Waals surface area contributed by atoms with Crippen LogP contribution in [-0.4, -0.2) is 32.0 Å². The van der Waals surface area contributed by atoms with Gasteiger partial charge in [0.15, 0.2) is 0 Å². The van der Waals surface area contributed by atoms with Crippen molar-refractivity contribution in [3.8, 4) is 5.13 Å². The number of pyridine rings is 1. The third-order valence-electron chi connectivity index (χ3n) is 5.10. The van der Waals surface area contributed by atoms with E-state index < -0.39 is 0 Å². The van der Waals surface area contributed by atoms with Crippen LogP contribution in [0.15, 0.2) is 39.9 Å². The highest BCUT2D eigenvalue weighted by Crippen LogP contribution is 2.24. The second kappa shape index (κ2) is 6.17. The Hall–Kier alpha value is -2.71. The molecule has 1 fully saturated rings. The first-order valence-corrected chi connectivity index (χ1v) is 9.76. The molecule has 5 rings (SSSR count). The number of rotatable bonds is 3. The Morgan fingerprint density at radius 3 is 2.96 bits per heavy atom. The van der Waals surface area contributed by atoms with Crippen LogP contribution in [0, 0.1) is 6.92 Å². The number of hydrogen-bond donors (Lipinski definition) is 1. The Bertz CT molecular complexity index is 1240. The van der Waals surface area contributed by atoms with Crippen molar-refractivity contribution in [2.75, 3.05) is 6.61 Å². The van der Waals surface area contributed by atoms with Gasteiger partial charge in [0.25, 0.3) is 11.1 Å². The van der Waals surface area contributed by atoms with Crippen molar-refractivity contribution in [1.29, 1.82) is 0 Å². The first-order chi connectivity index (χ1) is 13.1. The molecule has 1 N–H and O–H groups in total. The number of para-hydroxylation sites is 1. The zero-order chi connectivity index (χ0) is 18.5. The number of fused-ring (bicyclic) bond motifs is 2. The van der Waals surface area contributed by atoms with Crippen LogP contribution in [0.25, 0.3) is 26.3 Å². The zero-order valence-electron chi connectivity index (χ0n) is 14.8. The van der Waals surface area contributed by atoms with Crippen molar-refractivity contribution in [3.63, 3.8) is 0 Å². The highest BCUT2D eigenvalue weighted by molar-refractivity contribution is 7.20. The van der Waals surface area contributed by atoms with Gasteiger partial charge >= 0.3 is 0 Å². The van der Waals surface area contributed by atoms with Gasteiger partial charge in [-0.05, 0) is 31.9 Å². The van der Waals surface area contributed by atoms with Crippen LogP contribution in [0.2, 0.25) is 0 Å². The van der Waals surface area contributed by atoms with Gasteiger partial charge in [-0.2, -0.15) is 4.68 Å². The summed E-state index contributed by atoms with van der Waals surface area (Å²) in [7, 11) is 0. The van der Waals surface area contributed by atoms with Crippen LogP contribution in [-0.2, 0) is 11.3 Å². The number of H-pyrrole nitrogens is 1. The molecule has 8 heteroatoms. The molecule has 0 radical (unpaired) electrons. The molecule has 4 heterocycles. The van der Waals surface area contributed by atoms with E-state index in [9.17, 15) is 9.59 Å². The van der Waals surface area contributed by atoms with Gasteiger partial charge in [0.2, 0.25) is 5.13 Å². The number of aryl methyl sites for hydroxylation is 1. The number of benzene rings is 1. The lowest BCUT2D eigenvalue weighted by Gasteiger charge is -2.14. The number of nitrogens with zero attached hydrogens (tertiary/aromatic N) is 3. The number of ether oxygens (including phenoxy) is 1. The highest BCUT2D eigenvalue weighted by atomic mass is 32.1. The smallest absolute Gasteiger partial charge is 0.282 e. The number of aromatic nitrogens is 4. The van der Waals surface area contributed by atoms with Gasteiger partial charge in [-0.3, -0.25) is 14.7 Å². The Kier molecular flexibility index (Phi) is 3.76. The number of hydrogen-bond acceptors (Lipinski definition) is 5. The normalized spacial score (nSPS) is 17.3. The first kappa shape index (κ1) is 16.5. The molecule has 1 aliphatic rings. The van der Waals surface area contributed by atoms with E-state index in [1.54, 1.807) is 4.57 Å². The average molecular weight is 382 g/mol. The van der Waals surface area contributed by atoms with E-state index in [-0.39, 0.29) is 17.2 Å². The largest absolute Gasteiger partial charge is 0.376 e. The number of aromatic amines is 1. The molecular formula is C19H18N4O3S. The molecule has 7 nitrogen and oxygen atoms in total. The van der Waals surface area contributed by atoms with Gasteiger partial charge in [-0.25, -0.2) is 4.98 Å². The monoisotopic (exact) mass is 382 g/mol. The third-order valence-corrected chi connectivity index (χ3v) is 6.12. The maximum absolute atomic E-state index is 13.1. The standard InChI is InChI=1S/C19H18N4O3S/c1-11-17-14(9-16(24)22(11)10-12-5-4-8-26-12)21-23(18(17)25)19-20-13-6-2-3-7-15(13)27-19/h2-3,6-7,9,12,21H,4-5,8,10H2,1H3/t12-/m1/s1. The molecular weight excluding hydrogens is 364 g/mol. The van der Waals surface area contributed by atoms with Crippen LogP contribution in [0.3, 0.4) is 0 Å². The fourth-order valence-electron chi connectivity index (χ4n) is 3.72. The minimum Gasteiger partial charge on any atom is -0.376 e. The van der Waals surface area contributed by atoms with Crippen molar-refractivity contribution in [3.05, 3.63) is 56.7 Å². The summed E-state index contributed by atoms with van der Waals surface area (Å²) in [6, 6.07) is 9.24. The molecule has 3 aromatic heterocycles. The van der Waals surface area contributed by atoms with Crippen LogP contribution in [0.4, 0.5) is 0 Å². The van der Waals surface area contributed by atoms with Crippen LogP contribution in [0.1, 0.15) is 18.5 Å². The Morgan fingerprint density at radius 2 is 2.19 bits per heavy atom. The van der Waals surface area contributed by atoms with E-state index in [1.807, 2.05) is 31.2 Å². The minimum atomic E-state index is -0.192. The predicted molar refractivity (Wildman–Crippen MR) is 105 cm³/mol. The van der Waals surface area contributed by atoms with Gasteiger partial charge < -0.3 is 9.30 Å². The topological polar surface area (TPSA) is 81.9 Å². The van der Waals surface area contributed by atoms with Gasteiger partial charge in [-0.1, -0.05) is 23.5 Å². The van der Waals surface area contributed by atoms with E-state index in [0.29, 0.717) is 28.3 Å². The molecule has 0 saturated carbocycles. The maximum Gasteiger partial charge on any atom is 0.282 e. The fourth-order valence-corrected chi connectivity index (χ4v) is 4.64. The Morgan fingerprint density at radius 1 is 1.33 bits per heavy atom. The number of nitrogens with one attached hydrogen (secondary N) is 1. The molecule has 1 saturated heterocycles. The second-order valence-electron chi connectivity index (χ2n) is 6.82. The summed E-state index contributed by atoms with van der Waals surface area (Å²) >= 11 is 1.44. The molecule has 1 atom stereocenters. The molecule has 1 aliphatic heterocycles. The quantitative estimate of drug-likeness (QED) is 0.590. The summed E-state index contributed by atoms with van der Waals surface area (Å²) in [6.07, 6.45) is 1.98. The molecule has 0 spiro atoms. The SMILES string of the molecule is Cc1c2c(=O)n(-c3nc4ccccc4s3)[nH]c2cc(=O)n1C[C@H]1CCCO1. The van der Waals surface area contributed by atoms with Crippen molar-refractivity contribution < 1.29 is 4.74 Å². The van der Waals surface area contributed by atoms with Crippen LogP contribution in [0.5, 0.6) is 0 Å². The molecule has 0 unspecified atom stereocenters.